The fourth-order valence-electron chi connectivity index (χ4n) is 3.26. The Bertz CT molecular complexity index is 820. The Morgan fingerprint density at radius 1 is 1.24 bits per heavy atom. The quantitative estimate of drug-likeness (QED) is 0.800. The summed E-state index contributed by atoms with van der Waals surface area (Å²) in [5, 5.41) is 5.72. The number of thiophene rings is 1. The summed E-state index contributed by atoms with van der Waals surface area (Å²) in [7, 11) is 0. The van der Waals surface area contributed by atoms with Crippen LogP contribution in [0.4, 0.5) is 11.4 Å². The summed E-state index contributed by atoms with van der Waals surface area (Å²) >= 11 is 1.60. The number of hydrogen-bond donors (Lipinski definition) is 2. The predicted molar refractivity (Wildman–Crippen MR) is 98.7 cm³/mol. The van der Waals surface area contributed by atoms with Crippen LogP contribution < -0.4 is 15.4 Å². The molecule has 0 saturated heterocycles. The average Bonchev–Trinajstić information content (AvgIpc) is 2.87. The van der Waals surface area contributed by atoms with Gasteiger partial charge < -0.3 is 15.4 Å². The molecule has 2 aromatic rings. The van der Waals surface area contributed by atoms with Crippen LogP contribution in [0.2, 0.25) is 0 Å². The summed E-state index contributed by atoms with van der Waals surface area (Å²) in [4.78, 5) is 26.4. The Morgan fingerprint density at radius 3 is 2.96 bits per heavy atom. The van der Waals surface area contributed by atoms with Gasteiger partial charge in [0.2, 0.25) is 0 Å². The van der Waals surface area contributed by atoms with E-state index in [1.165, 1.54) is 29.7 Å². The van der Waals surface area contributed by atoms with Crippen LogP contribution in [-0.4, -0.2) is 17.9 Å². The first-order valence-electron chi connectivity index (χ1n) is 8.64. The van der Waals surface area contributed by atoms with Gasteiger partial charge in [0, 0.05) is 10.6 Å². The number of nitrogens with one attached hydrogen (secondary N) is 2. The largest absolute Gasteiger partial charge is 0.479 e. The molecule has 0 bridgehead atoms. The van der Waals surface area contributed by atoms with Gasteiger partial charge >= 0.3 is 0 Å². The van der Waals surface area contributed by atoms with E-state index in [1.807, 2.05) is 6.07 Å². The number of fused-ring (bicyclic) bond motifs is 2. The van der Waals surface area contributed by atoms with E-state index >= 15 is 0 Å². The number of ether oxygens (including phenoxy) is 1. The fourth-order valence-corrected chi connectivity index (χ4v) is 4.41. The van der Waals surface area contributed by atoms with E-state index in [1.54, 1.807) is 36.5 Å². The minimum absolute atomic E-state index is 0.102. The lowest BCUT2D eigenvalue weighted by Gasteiger charge is -2.23. The molecule has 0 fully saturated rings. The van der Waals surface area contributed by atoms with Crippen molar-refractivity contribution in [1.29, 1.82) is 0 Å². The lowest BCUT2D eigenvalue weighted by molar-refractivity contribution is -0.122. The van der Waals surface area contributed by atoms with Crippen molar-refractivity contribution in [2.45, 2.75) is 45.1 Å². The molecule has 130 valence electrons. The number of anilines is 2. The molecule has 5 nitrogen and oxygen atoms in total. The molecule has 1 aliphatic carbocycles. The van der Waals surface area contributed by atoms with Crippen molar-refractivity contribution in [2.75, 3.05) is 10.6 Å². The molecule has 2 N–H and O–H groups in total. The van der Waals surface area contributed by atoms with Crippen LogP contribution >= 0.6 is 11.3 Å². The van der Waals surface area contributed by atoms with Crippen LogP contribution in [-0.2, 0) is 17.6 Å². The van der Waals surface area contributed by atoms with Gasteiger partial charge in [-0.2, -0.15) is 0 Å². The normalized spacial score (nSPS) is 19.1. The molecule has 4 rings (SSSR count). The van der Waals surface area contributed by atoms with Gasteiger partial charge in [0.25, 0.3) is 11.8 Å². The van der Waals surface area contributed by atoms with Crippen LogP contribution in [0, 0.1) is 0 Å². The van der Waals surface area contributed by atoms with Crippen molar-refractivity contribution in [1.82, 2.24) is 0 Å². The second kappa shape index (κ2) is 6.52. The highest BCUT2D eigenvalue weighted by molar-refractivity contribution is 7.14. The number of benzene rings is 1. The van der Waals surface area contributed by atoms with E-state index in [0.29, 0.717) is 17.1 Å². The zero-order chi connectivity index (χ0) is 17.4. The lowest BCUT2D eigenvalue weighted by Crippen LogP contribution is -2.34. The van der Waals surface area contributed by atoms with Crippen molar-refractivity contribution in [3.63, 3.8) is 0 Å². The van der Waals surface area contributed by atoms with Crippen LogP contribution in [0.5, 0.6) is 5.75 Å². The van der Waals surface area contributed by atoms with Crippen molar-refractivity contribution < 1.29 is 14.3 Å². The molecule has 0 radical (unpaired) electrons. The first kappa shape index (κ1) is 16.1. The van der Waals surface area contributed by atoms with E-state index in [-0.39, 0.29) is 11.8 Å². The molecule has 1 aromatic carbocycles. The molecular formula is C19H20N2O3S. The van der Waals surface area contributed by atoms with E-state index in [0.717, 1.165) is 17.7 Å². The zero-order valence-corrected chi connectivity index (χ0v) is 14.9. The van der Waals surface area contributed by atoms with Gasteiger partial charge in [0.15, 0.2) is 6.10 Å². The summed E-state index contributed by atoms with van der Waals surface area (Å²) in [5.74, 6) is 0.334. The zero-order valence-electron chi connectivity index (χ0n) is 14.1. The topological polar surface area (TPSA) is 67.4 Å². The fraction of sp³-hybridized carbons (Fsp3) is 0.368. The molecule has 2 aliphatic rings. The van der Waals surface area contributed by atoms with E-state index in [9.17, 15) is 9.59 Å². The van der Waals surface area contributed by atoms with Gasteiger partial charge in [-0.25, -0.2) is 0 Å². The molecule has 1 aromatic heterocycles. The Balaban J connectivity index is 1.52. The first-order chi connectivity index (χ1) is 12.1. The molecule has 6 heteroatoms. The van der Waals surface area contributed by atoms with E-state index in [2.05, 4.69) is 10.6 Å². The minimum Gasteiger partial charge on any atom is -0.479 e. The Hall–Kier alpha value is -2.34. The molecule has 1 atom stereocenters. The molecule has 0 unspecified atom stereocenters. The average molecular weight is 356 g/mol. The second-order valence-electron chi connectivity index (χ2n) is 6.53. The highest BCUT2D eigenvalue weighted by Crippen LogP contribution is 2.33. The molecule has 0 saturated carbocycles. The van der Waals surface area contributed by atoms with Crippen LogP contribution in [0.3, 0.4) is 0 Å². The molecule has 1 aliphatic heterocycles. The van der Waals surface area contributed by atoms with Gasteiger partial charge in [0.1, 0.15) is 5.75 Å². The number of hydrogen-bond acceptors (Lipinski definition) is 4. The Labute approximate surface area is 150 Å². The number of aryl methyl sites for hydroxylation is 2. The van der Waals surface area contributed by atoms with Gasteiger partial charge in [-0.15, -0.1) is 11.3 Å². The highest BCUT2D eigenvalue weighted by Gasteiger charge is 2.24. The Morgan fingerprint density at radius 2 is 2.08 bits per heavy atom. The standard InChI is InChI=1S/C19H20N2O3S/c1-11-18(22)21-14-10-13(7-8-15(14)24-11)20-19(23)17-9-12-5-3-2-4-6-16(12)25-17/h7-11H,2-6H2,1H3,(H,20,23)(H,21,22)/t11-/m1/s1. The monoisotopic (exact) mass is 356 g/mol. The minimum atomic E-state index is -0.505. The maximum absolute atomic E-state index is 12.6. The van der Waals surface area contributed by atoms with Crippen molar-refractivity contribution in [3.8, 4) is 5.75 Å². The third-order valence-electron chi connectivity index (χ3n) is 4.64. The molecule has 0 spiro atoms. The lowest BCUT2D eigenvalue weighted by atomic mass is 10.1. The summed E-state index contributed by atoms with van der Waals surface area (Å²) in [6.45, 7) is 1.70. The molecule has 25 heavy (non-hydrogen) atoms. The third-order valence-corrected chi connectivity index (χ3v) is 5.87. The molecule has 2 amide bonds. The third kappa shape index (κ3) is 3.26. The van der Waals surface area contributed by atoms with Gasteiger partial charge in [0.05, 0.1) is 10.6 Å². The van der Waals surface area contributed by atoms with E-state index in [4.69, 9.17) is 4.74 Å². The summed E-state index contributed by atoms with van der Waals surface area (Å²) in [6.07, 6.45) is 5.32. The maximum atomic E-state index is 12.6. The van der Waals surface area contributed by atoms with Gasteiger partial charge in [-0.3, -0.25) is 9.59 Å². The Kier molecular flexibility index (Phi) is 4.21. The molecule has 2 heterocycles. The summed E-state index contributed by atoms with van der Waals surface area (Å²) in [5.41, 5.74) is 2.56. The van der Waals surface area contributed by atoms with E-state index < -0.39 is 6.10 Å². The first-order valence-corrected chi connectivity index (χ1v) is 9.46. The van der Waals surface area contributed by atoms with Gasteiger partial charge in [-0.1, -0.05) is 6.42 Å². The van der Waals surface area contributed by atoms with Gasteiger partial charge in [-0.05, 0) is 62.4 Å². The van der Waals surface area contributed by atoms with Crippen molar-refractivity contribution in [3.05, 3.63) is 39.6 Å². The van der Waals surface area contributed by atoms with Crippen molar-refractivity contribution in [2.24, 2.45) is 0 Å². The SMILES string of the molecule is C[C@H]1Oc2ccc(NC(=O)c3cc4c(s3)CCCCC4)cc2NC1=O. The number of carbonyl (C=O) groups excluding carboxylic acids is 2. The molecular weight excluding hydrogens is 336 g/mol. The number of amides is 2. The van der Waals surface area contributed by atoms with Crippen LogP contribution in [0.15, 0.2) is 24.3 Å². The summed E-state index contributed by atoms with van der Waals surface area (Å²) in [6, 6.07) is 7.32. The highest BCUT2D eigenvalue weighted by atomic mass is 32.1. The van der Waals surface area contributed by atoms with Crippen LogP contribution in [0.25, 0.3) is 0 Å². The summed E-state index contributed by atoms with van der Waals surface area (Å²) < 4.78 is 5.53. The van der Waals surface area contributed by atoms with Crippen molar-refractivity contribution >= 4 is 34.5 Å². The number of rotatable bonds is 2. The number of carbonyl (C=O) groups is 2. The second-order valence-corrected chi connectivity index (χ2v) is 7.67. The smallest absolute Gasteiger partial charge is 0.265 e. The maximum Gasteiger partial charge on any atom is 0.265 e. The van der Waals surface area contributed by atoms with Crippen LogP contribution in [0.1, 0.15) is 46.3 Å². The predicted octanol–water partition coefficient (Wildman–Crippen LogP) is 3.99.